The molecule has 23 heavy (non-hydrogen) atoms. The van der Waals surface area contributed by atoms with Crippen molar-refractivity contribution in [3.63, 3.8) is 0 Å². The number of aliphatic hydroxyl groups is 1. The lowest BCUT2D eigenvalue weighted by Gasteiger charge is -2.11. The molecule has 0 aliphatic carbocycles. The third-order valence-electron chi connectivity index (χ3n) is 3.64. The molecule has 0 aromatic heterocycles. The van der Waals surface area contributed by atoms with Gasteiger partial charge in [-0.2, -0.15) is 0 Å². The van der Waals surface area contributed by atoms with Crippen molar-refractivity contribution in [2.45, 2.75) is 38.6 Å². The quantitative estimate of drug-likeness (QED) is 0.638. The number of rotatable bonds is 11. The molecule has 1 atom stereocenters. The minimum atomic E-state index is -0.314. The molecule has 1 N–H and O–H groups in total. The van der Waals surface area contributed by atoms with E-state index in [0.29, 0.717) is 32.8 Å². The van der Waals surface area contributed by atoms with Gasteiger partial charge in [0, 0.05) is 13.2 Å². The lowest BCUT2D eigenvalue weighted by molar-refractivity contribution is 0.0595. The summed E-state index contributed by atoms with van der Waals surface area (Å²) >= 11 is 0. The van der Waals surface area contributed by atoms with Crippen LogP contribution in [-0.2, 0) is 22.7 Å². The van der Waals surface area contributed by atoms with Gasteiger partial charge in [-0.3, -0.25) is 0 Å². The molecule has 0 aliphatic heterocycles. The third-order valence-corrected chi connectivity index (χ3v) is 3.64. The van der Waals surface area contributed by atoms with E-state index in [-0.39, 0.29) is 6.10 Å². The molecule has 0 saturated carbocycles. The Balaban J connectivity index is 1.45. The minimum absolute atomic E-state index is 0.314. The average Bonchev–Trinajstić information content (AvgIpc) is 2.60. The van der Waals surface area contributed by atoms with E-state index in [2.05, 4.69) is 12.1 Å². The first-order valence-electron chi connectivity index (χ1n) is 8.26. The van der Waals surface area contributed by atoms with Gasteiger partial charge in [0.1, 0.15) is 0 Å². The van der Waals surface area contributed by atoms with Crippen LogP contribution in [0, 0.1) is 0 Å². The molecule has 0 amide bonds. The Hall–Kier alpha value is -1.68. The number of ether oxygens (including phenoxy) is 2. The van der Waals surface area contributed by atoms with Gasteiger partial charge in [-0.15, -0.1) is 0 Å². The second-order valence-electron chi connectivity index (χ2n) is 5.66. The van der Waals surface area contributed by atoms with Crippen LogP contribution in [-0.4, -0.2) is 24.4 Å². The fourth-order valence-corrected chi connectivity index (χ4v) is 2.31. The van der Waals surface area contributed by atoms with Crippen molar-refractivity contribution in [1.29, 1.82) is 0 Å². The molecule has 0 saturated heterocycles. The van der Waals surface area contributed by atoms with Gasteiger partial charge < -0.3 is 14.6 Å². The molecule has 2 rings (SSSR count). The zero-order valence-corrected chi connectivity index (χ0v) is 13.6. The maximum absolute atomic E-state index is 9.93. The first-order chi connectivity index (χ1) is 11.3. The Morgan fingerprint density at radius 1 is 0.696 bits per heavy atom. The maximum Gasteiger partial charge on any atom is 0.0716 e. The third kappa shape index (κ3) is 7.93. The van der Waals surface area contributed by atoms with Crippen molar-refractivity contribution < 1.29 is 14.6 Å². The first kappa shape index (κ1) is 17.7. The first-order valence-corrected chi connectivity index (χ1v) is 8.26. The number of benzene rings is 2. The summed E-state index contributed by atoms with van der Waals surface area (Å²) in [6.07, 6.45) is 1.98. The van der Waals surface area contributed by atoms with Gasteiger partial charge >= 0.3 is 0 Å². The van der Waals surface area contributed by atoms with Crippen molar-refractivity contribution >= 4 is 0 Å². The molecular weight excluding hydrogens is 288 g/mol. The zero-order valence-electron chi connectivity index (χ0n) is 13.6. The van der Waals surface area contributed by atoms with Crippen LogP contribution in [0.3, 0.4) is 0 Å². The van der Waals surface area contributed by atoms with Gasteiger partial charge in [0.25, 0.3) is 0 Å². The van der Waals surface area contributed by atoms with Crippen molar-refractivity contribution in [2.75, 3.05) is 13.2 Å². The summed E-state index contributed by atoms with van der Waals surface area (Å²) in [4.78, 5) is 0. The summed E-state index contributed by atoms with van der Waals surface area (Å²) in [6, 6.07) is 20.2. The van der Waals surface area contributed by atoms with Crippen LogP contribution in [0.15, 0.2) is 60.7 Å². The van der Waals surface area contributed by atoms with Crippen LogP contribution in [0.1, 0.15) is 30.4 Å². The molecule has 2 aromatic rings. The highest BCUT2D eigenvalue weighted by Gasteiger charge is 2.04. The molecule has 0 aliphatic rings. The Labute approximate surface area is 138 Å². The van der Waals surface area contributed by atoms with Gasteiger partial charge in [0.15, 0.2) is 0 Å². The van der Waals surface area contributed by atoms with E-state index in [9.17, 15) is 5.11 Å². The smallest absolute Gasteiger partial charge is 0.0716 e. The second-order valence-corrected chi connectivity index (χ2v) is 5.66. The van der Waals surface area contributed by atoms with E-state index in [1.165, 1.54) is 5.56 Å². The van der Waals surface area contributed by atoms with Crippen LogP contribution in [0.25, 0.3) is 0 Å². The number of hydrogen-bond donors (Lipinski definition) is 1. The zero-order chi connectivity index (χ0) is 16.2. The lowest BCUT2D eigenvalue weighted by atomic mass is 10.1. The summed E-state index contributed by atoms with van der Waals surface area (Å²) in [5, 5.41) is 9.93. The highest BCUT2D eigenvalue weighted by Crippen LogP contribution is 2.06. The lowest BCUT2D eigenvalue weighted by Crippen LogP contribution is -2.11. The molecule has 124 valence electrons. The van der Waals surface area contributed by atoms with Crippen LogP contribution in [0.5, 0.6) is 0 Å². The van der Waals surface area contributed by atoms with Crippen LogP contribution in [0.4, 0.5) is 0 Å². The average molecular weight is 314 g/mol. The monoisotopic (exact) mass is 314 g/mol. The Kier molecular flexibility index (Phi) is 8.41. The molecular formula is C20H26O3. The van der Waals surface area contributed by atoms with Crippen molar-refractivity contribution in [1.82, 2.24) is 0 Å². The second kappa shape index (κ2) is 10.9. The molecule has 0 heterocycles. The standard InChI is InChI=1S/C20H26O3/c21-20(13-15-23-17-19-10-5-2-6-11-19)12-7-14-22-16-18-8-3-1-4-9-18/h1-6,8-11,20-21H,7,12-17H2. The van der Waals surface area contributed by atoms with Crippen LogP contribution < -0.4 is 0 Å². The summed E-state index contributed by atoms with van der Waals surface area (Å²) in [7, 11) is 0. The molecule has 0 spiro atoms. The van der Waals surface area contributed by atoms with Crippen LogP contribution in [0.2, 0.25) is 0 Å². The maximum atomic E-state index is 9.93. The van der Waals surface area contributed by atoms with Crippen LogP contribution >= 0.6 is 0 Å². The molecule has 0 bridgehead atoms. The van der Waals surface area contributed by atoms with Gasteiger partial charge in [0.05, 0.1) is 19.3 Å². The Morgan fingerprint density at radius 3 is 1.78 bits per heavy atom. The molecule has 0 fully saturated rings. The molecule has 1 unspecified atom stereocenters. The summed E-state index contributed by atoms with van der Waals surface area (Å²) < 4.78 is 11.2. The van der Waals surface area contributed by atoms with Gasteiger partial charge in [-0.25, -0.2) is 0 Å². The highest BCUT2D eigenvalue weighted by molar-refractivity contribution is 5.14. The largest absolute Gasteiger partial charge is 0.393 e. The fraction of sp³-hybridized carbons (Fsp3) is 0.400. The number of hydrogen-bond acceptors (Lipinski definition) is 3. The SMILES string of the molecule is OC(CCCOCc1ccccc1)CCOCc1ccccc1. The van der Waals surface area contributed by atoms with Gasteiger partial charge in [-0.05, 0) is 30.4 Å². The molecule has 3 heteroatoms. The Morgan fingerprint density at radius 2 is 1.22 bits per heavy atom. The van der Waals surface area contributed by atoms with E-state index in [1.54, 1.807) is 0 Å². The molecule has 2 aromatic carbocycles. The van der Waals surface area contributed by atoms with E-state index in [4.69, 9.17) is 9.47 Å². The van der Waals surface area contributed by atoms with E-state index in [0.717, 1.165) is 18.4 Å². The van der Waals surface area contributed by atoms with Crippen molar-refractivity contribution in [3.8, 4) is 0 Å². The number of aliphatic hydroxyl groups excluding tert-OH is 1. The van der Waals surface area contributed by atoms with Crippen molar-refractivity contribution in [3.05, 3.63) is 71.8 Å². The van der Waals surface area contributed by atoms with Gasteiger partial charge in [0.2, 0.25) is 0 Å². The van der Waals surface area contributed by atoms with Gasteiger partial charge in [-0.1, -0.05) is 60.7 Å². The predicted molar refractivity (Wildman–Crippen MR) is 92.1 cm³/mol. The highest BCUT2D eigenvalue weighted by atomic mass is 16.5. The topological polar surface area (TPSA) is 38.7 Å². The summed E-state index contributed by atoms with van der Waals surface area (Å²) in [5.41, 5.74) is 2.35. The van der Waals surface area contributed by atoms with E-state index < -0.39 is 0 Å². The molecule has 3 nitrogen and oxygen atoms in total. The fourth-order valence-electron chi connectivity index (χ4n) is 2.31. The van der Waals surface area contributed by atoms with E-state index >= 15 is 0 Å². The normalized spacial score (nSPS) is 12.2. The molecule has 0 radical (unpaired) electrons. The van der Waals surface area contributed by atoms with E-state index in [1.807, 2.05) is 48.5 Å². The summed E-state index contributed by atoms with van der Waals surface area (Å²) in [5.74, 6) is 0. The predicted octanol–water partition coefficient (Wildman–Crippen LogP) is 3.95. The Bertz CT molecular complexity index is 513. The summed E-state index contributed by atoms with van der Waals surface area (Å²) in [6.45, 7) is 2.50. The van der Waals surface area contributed by atoms with Crippen molar-refractivity contribution in [2.24, 2.45) is 0 Å². The minimum Gasteiger partial charge on any atom is -0.393 e.